The van der Waals surface area contributed by atoms with Gasteiger partial charge in [-0.1, -0.05) is 29.3 Å². The van der Waals surface area contributed by atoms with Crippen LogP contribution in [-0.4, -0.2) is 20.1 Å². The first-order chi connectivity index (χ1) is 10.4. The van der Waals surface area contributed by atoms with Gasteiger partial charge in [0.05, 0.1) is 16.7 Å². The second-order valence-corrected chi connectivity index (χ2v) is 7.70. The predicted octanol–water partition coefficient (Wildman–Crippen LogP) is 3.28. The third-order valence-corrected chi connectivity index (χ3v) is 5.90. The molecule has 0 spiro atoms. The van der Waals surface area contributed by atoms with Gasteiger partial charge in [0.25, 0.3) is 10.0 Å². The van der Waals surface area contributed by atoms with Gasteiger partial charge in [0.2, 0.25) is 0 Å². The van der Waals surface area contributed by atoms with E-state index >= 15 is 0 Å². The van der Waals surface area contributed by atoms with Crippen molar-refractivity contribution in [1.82, 2.24) is 0 Å². The van der Waals surface area contributed by atoms with Crippen LogP contribution in [0.3, 0.4) is 0 Å². The van der Waals surface area contributed by atoms with Crippen molar-refractivity contribution in [1.29, 1.82) is 0 Å². The maximum atomic E-state index is 12.9. The number of halogens is 1. The fraction of sp³-hybridized carbons (Fsp3) is 0.250. The Morgan fingerprint density at radius 1 is 1.18 bits per heavy atom. The van der Waals surface area contributed by atoms with Gasteiger partial charge in [0, 0.05) is 17.1 Å². The van der Waals surface area contributed by atoms with Crippen LogP contribution in [0.1, 0.15) is 23.7 Å². The molecule has 1 aliphatic rings. The zero-order valence-electron chi connectivity index (χ0n) is 12.0. The minimum Gasteiger partial charge on any atom is -0.388 e. The van der Waals surface area contributed by atoms with E-state index in [0.29, 0.717) is 22.7 Å². The van der Waals surface area contributed by atoms with Crippen LogP contribution < -0.4 is 4.31 Å². The lowest BCUT2D eigenvalue weighted by Gasteiger charge is -2.33. The molecule has 1 heterocycles. The number of rotatable bonds is 2. The number of nitrogens with zero attached hydrogens (tertiary/aromatic N) is 1. The van der Waals surface area contributed by atoms with Crippen molar-refractivity contribution in [3.05, 3.63) is 58.6 Å². The predicted molar refractivity (Wildman–Crippen MR) is 86.7 cm³/mol. The number of hydrogen-bond donors (Lipinski definition) is 1. The molecule has 116 valence electrons. The molecule has 0 bridgehead atoms. The fourth-order valence-electron chi connectivity index (χ4n) is 2.67. The Balaban J connectivity index is 2.09. The van der Waals surface area contributed by atoms with Gasteiger partial charge < -0.3 is 5.11 Å². The number of anilines is 1. The van der Waals surface area contributed by atoms with Gasteiger partial charge in [0.1, 0.15) is 0 Å². The minimum absolute atomic E-state index is 0.194. The van der Waals surface area contributed by atoms with E-state index in [9.17, 15) is 13.5 Å². The molecule has 1 N–H and O–H groups in total. The van der Waals surface area contributed by atoms with Gasteiger partial charge >= 0.3 is 0 Å². The smallest absolute Gasteiger partial charge is 0.264 e. The number of aliphatic hydroxyl groups is 1. The zero-order valence-corrected chi connectivity index (χ0v) is 13.6. The maximum Gasteiger partial charge on any atom is 0.264 e. The molecule has 0 saturated carbocycles. The van der Waals surface area contributed by atoms with Gasteiger partial charge in [-0.05, 0) is 43.7 Å². The van der Waals surface area contributed by atoms with Gasteiger partial charge in [0.15, 0.2) is 0 Å². The third kappa shape index (κ3) is 2.60. The molecular weight excluding hydrogens is 322 g/mol. The van der Waals surface area contributed by atoms with Gasteiger partial charge in [-0.3, -0.25) is 4.31 Å². The highest BCUT2D eigenvalue weighted by Crippen LogP contribution is 2.37. The molecule has 6 heteroatoms. The molecule has 0 fully saturated rings. The summed E-state index contributed by atoms with van der Waals surface area (Å²) in [5.41, 5.74) is 2.19. The first-order valence-electron chi connectivity index (χ1n) is 6.96. The number of aliphatic hydroxyl groups excluding tert-OH is 1. The second kappa shape index (κ2) is 5.57. The van der Waals surface area contributed by atoms with Crippen molar-refractivity contribution in [3.63, 3.8) is 0 Å². The highest BCUT2D eigenvalue weighted by Gasteiger charge is 2.32. The van der Waals surface area contributed by atoms with E-state index < -0.39 is 16.1 Å². The zero-order chi connectivity index (χ0) is 15.9. The number of aryl methyl sites for hydroxylation is 1. The van der Waals surface area contributed by atoms with Crippen molar-refractivity contribution in [2.75, 3.05) is 10.8 Å². The van der Waals surface area contributed by atoms with Gasteiger partial charge in [-0.15, -0.1) is 0 Å². The lowest BCUT2D eigenvalue weighted by molar-refractivity contribution is 0.166. The average molecular weight is 338 g/mol. The normalized spacial score (nSPS) is 18.1. The second-order valence-electron chi connectivity index (χ2n) is 5.40. The standard InChI is InChI=1S/C16H16ClNO3S/c1-11-2-7-15-14(10-11)16(19)8-9-18(15)22(20,21)13-5-3-12(17)4-6-13/h2-7,10,16,19H,8-9H2,1H3. The lowest BCUT2D eigenvalue weighted by atomic mass is 9.99. The summed E-state index contributed by atoms with van der Waals surface area (Å²) in [5.74, 6) is 0. The van der Waals surface area contributed by atoms with Crippen molar-refractivity contribution in [2.45, 2.75) is 24.3 Å². The molecule has 1 atom stereocenters. The molecule has 22 heavy (non-hydrogen) atoms. The SMILES string of the molecule is Cc1ccc2c(c1)C(O)CCN2S(=O)(=O)c1ccc(Cl)cc1. The van der Waals surface area contributed by atoms with Crippen LogP contribution in [0.2, 0.25) is 5.02 Å². The summed E-state index contributed by atoms with van der Waals surface area (Å²) in [6.45, 7) is 2.17. The fourth-order valence-corrected chi connectivity index (χ4v) is 4.30. The summed E-state index contributed by atoms with van der Waals surface area (Å²) >= 11 is 5.82. The molecule has 0 saturated heterocycles. The number of hydrogen-bond acceptors (Lipinski definition) is 3. The summed E-state index contributed by atoms with van der Waals surface area (Å²) in [5, 5.41) is 10.6. The van der Waals surface area contributed by atoms with Crippen LogP contribution in [-0.2, 0) is 10.0 Å². The molecule has 1 aliphatic heterocycles. The summed E-state index contributed by atoms with van der Waals surface area (Å²) < 4.78 is 27.1. The summed E-state index contributed by atoms with van der Waals surface area (Å²) in [7, 11) is -3.66. The van der Waals surface area contributed by atoms with E-state index in [1.54, 1.807) is 18.2 Å². The monoisotopic (exact) mass is 337 g/mol. The molecule has 2 aromatic rings. The Hall–Kier alpha value is -1.56. The van der Waals surface area contributed by atoms with Crippen molar-refractivity contribution in [2.24, 2.45) is 0 Å². The van der Waals surface area contributed by atoms with Gasteiger partial charge in [-0.2, -0.15) is 0 Å². The molecule has 0 amide bonds. The Morgan fingerprint density at radius 2 is 1.86 bits per heavy atom. The minimum atomic E-state index is -3.66. The molecular formula is C16H16ClNO3S. The van der Waals surface area contributed by atoms with Gasteiger partial charge in [-0.25, -0.2) is 8.42 Å². The van der Waals surface area contributed by atoms with Crippen LogP contribution in [0.15, 0.2) is 47.4 Å². The van der Waals surface area contributed by atoms with Crippen LogP contribution in [0.25, 0.3) is 0 Å². The summed E-state index contributed by atoms with van der Waals surface area (Å²) in [6.07, 6.45) is -0.255. The topological polar surface area (TPSA) is 57.6 Å². The van der Waals surface area contributed by atoms with Crippen LogP contribution in [0.4, 0.5) is 5.69 Å². The highest BCUT2D eigenvalue weighted by molar-refractivity contribution is 7.92. The van der Waals surface area contributed by atoms with Crippen molar-refractivity contribution < 1.29 is 13.5 Å². The maximum absolute atomic E-state index is 12.9. The van der Waals surface area contributed by atoms with E-state index in [-0.39, 0.29) is 11.4 Å². The molecule has 0 radical (unpaired) electrons. The first-order valence-corrected chi connectivity index (χ1v) is 8.78. The average Bonchev–Trinajstić information content (AvgIpc) is 2.48. The Labute approximate surface area is 135 Å². The van der Waals surface area contributed by atoms with E-state index in [4.69, 9.17) is 11.6 Å². The van der Waals surface area contributed by atoms with E-state index in [1.807, 2.05) is 19.1 Å². The molecule has 4 nitrogen and oxygen atoms in total. The van der Waals surface area contributed by atoms with E-state index in [1.165, 1.54) is 16.4 Å². The molecule has 1 unspecified atom stereocenters. The highest BCUT2D eigenvalue weighted by atomic mass is 35.5. The molecule has 0 aromatic heterocycles. The molecule has 2 aromatic carbocycles. The third-order valence-electron chi connectivity index (χ3n) is 3.82. The Morgan fingerprint density at radius 3 is 2.55 bits per heavy atom. The summed E-state index contributed by atoms with van der Waals surface area (Å²) in [6, 6.07) is 11.5. The lowest BCUT2D eigenvalue weighted by Crippen LogP contribution is -2.36. The number of fused-ring (bicyclic) bond motifs is 1. The molecule has 0 aliphatic carbocycles. The Bertz CT molecular complexity index is 803. The van der Waals surface area contributed by atoms with Crippen molar-refractivity contribution >= 4 is 27.3 Å². The largest absolute Gasteiger partial charge is 0.388 e. The Kier molecular flexibility index (Phi) is 3.89. The van der Waals surface area contributed by atoms with E-state index in [2.05, 4.69) is 0 Å². The van der Waals surface area contributed by atoms with Crippen LogP contribution in [0, 0.1) is 6.92 Å². The van der Waals surface area contributed by atoms with Crippen molar-refractivity contribution in [3.8, 4) is 0 Å². The number of sulfonamides is 1. The first kappa shape index (κ1) is 15.3. The molecule has 3 rings (SSSR count). The summed E-state index contributed by atoms with van der Waals surface area (Å²) in [4.78, 5) is 0.194. The number of benzene rings is 2. The van der Waals surface area contributed by atoms with E-state index in [0.717, 1.165) is 5.56 Å². The van der Waals surface area contributed by atoms with Crippen LogP contribution >= 0.6 is 11.6 Å². The van der Waals surface area contributed by atoms with Crippen LogP contribution in [0.5, 0.6) is 0 Å². The quantitative estimate of drug-likeness (QED) is 0.915.